The molecule has 0 radical (unpaired) electrons. The number of hydrogen-bond acceptors (Lipinski definition) is 2. The van der Waals surface area contributed by atoms with E-state index in [1.807, 2.05) is 20.8 Å². The average Bonchev–Trinajstić information content (AvgIpc) is 2.01. The lowest BCUT2D eigenvalue weighted by atomic mass is 9.75. The highest BCUT2D eigenvalue weighted by molar-refractivity contribution is 4.99. The molecule has 64 valence electrons. The van der Waals surface area contributed by atoms with Gasteiger partial charge in [-0.2, -0.15) is 5.26 Å². The first kappa shape index (κ1) is 10.4. The Bertz CT molecular complexity index is 159. The van der Waals surface area contributed by atoms with E-state index in [0.717, 1.165) is 6.42 Å². The Kier molecular flexibility index (Phi) is 3.54. The van der Waals surface area contributed by atoms with Crippen LogP contribution in [0.15, 0.2) is 0 Å². The molecule has 3 unspecified atom stereocenters. The number of nitrogens with zero attached hydrogens (tertiary/aromatic N) is 1. The summed E-state index contributed by atoms with van der Waals surface area (Å²) >= 11 is 0. The van der Waals surface area contributed by atoms with Gasteiger partial charge in [-0.1, -0.05) is 13.8 Å². The molecule has 0 aromatic carbocycles. The van der Waals surface area contributed by atoms with Crippen molar-refractivity contribution >= 4 is 0 Å². The molecular formula is C9H17NO. The number of rotatable bonds is 3. The fraction of sp³-hybridized carbons (Fsp3) is 0.889. The highest BCUT2D eigenvalue weighted by Crippen LogP contribution is 2.32. The van der Waals surface area contributed by atoms with Crippen LogP contribution in [0.1, 0.15) is 34.1 Å². The maximum absolute atomic E-state index is 9.27. The Morgan fingerprint density at radius 1 is 1.55 bits per heavy atom. The molecule has 11 heavy (non-hydrogen) atoms. The first-order valence-corrected chi connectivity index (χ1v) is 4.07. The van der Waals surface area contributed by atoms with E-state index in [4.69, 9.17) is 5.26 Å². The summed E-state index contributed by atoms with van der Waals surface area (Å²) < 4.78 is 0. The van der Waals surface area contributed by atoms with Gasteiger partial charge in [0.2, 0.25) is 0 Å². The minimum absolute atomic E-state index is 0.0394. The minimum atomic E-state index is -0.403. The van der Waals surface area contributed by atoms with Crippen LogP contribution in [0.25, 0.3) is 0 Å². The molecule has 0 spiro atoms. The number of aliphatic hydroxyl groups is 1. The smallest absolute Gasteiger partial charge is 0.0690 e. The van der Waals surface area contributed by atoms with Gasteiger partial charge < -0.3 is 5.11 Å². The Balaban J connectivity index is 4.40. The van der Waals surface area contributed by atoms with Gasteiger partial charge in [0.1, 0.15) is 0 Å². The molecule has 1 N–H and O–H groups in total. The predicted octanol–water partition coefficient (Wildman–Crippen LogP) is 1.94. The van der Waals surface area contributed by atoms with Crippen molar-refractivity contribution in [2.24, 2.45) is 11.3 Å². The molecule has 0 rings (SSSR count). The molecular weight excluding hydrogens is 138 g/mol. The zero-order valence-corrected chi connectivity index (χ0v) is 7.76. The second-order valence-corrected chi connectivity index (χ2v) is 3.41. The van der Waals surface area contributed by atoms with E-state index in [9.17, 15) is 5.11 Å². The summed E-state index contributed by atoms with van der Waals surface area (Å²) in [6, 6.07) is 2.25. The normalized spacial score (nSPS) is 21.5. The van der Waals surface area contributed by atoms with Crippen molar-refractivity contribution in [3.63, 3.8) is 0 Å². The summed E-state index contributed by atoms with van der Waals surface area (Å²) in [5.74, 6) is 0.0394. The first-order valence-electron chi connectivity index (χ1n) is 4.07. The van der Waals surface area contributed by atoms with E-state index in [1.54, 1.807) is 6.92 Å². The molecule has 2 heteroatoms. The number of nitriles is 1. The molecule has 0 heterocycles. The molecule has 0 saturated carbocycles. The van der Waals surface area contributed by atoms with Crippen molar-refractivity contribution < 1.29 is 5.11 Å². The zero-order valence-electron chi connectivity index (χ0n) is 7.76. The van der Waals surface area contributed by atoms with Crippen LogP contribution in [0.2, 0.25) is 0 Å². The van der Waals surface area contributed by atoms with Gasteiger partial charge >= 0.3 is 0 Å². The lowest BCUT2D eigenvalue weighted by Gasteiger charge is -2.29. The maximum atomic E-state index is 9.27. The van der Waals surface area contributed by atoms with Gasteiger partial charge in [-0.3, -0.25) is 0 Å². The molecule has 3 atom stereocenters. The molecule has 0 saturated heterocycles. The van der Waals surface area contributed by atoms with Crippen LogP contribution in [0.5, 0.6) is 0 Å². The van der Waals surface area contributed by atoms with Crippen molar-refractivity contribution in [2.75, 3.05) is 0 Å². The van der Waals surface area contributed by atoms with E-state index in [2.05, 4.69) is 6.07 Å². The van der Waals surface area contributed by atoms with Crippen molar-refractivity contribution in [3.8, 4) is 6.07 Å². The van der Waals surface area contributed by atoms with Crippen molar-refractivity contribution in [3.05, 3.63) is 0 Å². The second-order valence-electron chi connectivity index (χ2n) is 3.41. The second kappa shape index (κ2) is 3.73. The summed E-state index contributed by atoms with van der Waals surface area (Å²) in [7, 11) is 0. The summed E-state index contributed by atoms with van der Waals surface area (Å²) in [5.41, 5.74) is -0.381. The molecule has 0 aliphatic rings. The maximum Gasteiger partial charge on any atom is 0.0690 e. The quantitative estimate of drug-likeness (QED) is 0.677. The van der Waals surface area contributed by atoms with Crippen LogP contribution in [0.3, 0.4) is 0 Å². The summed E-state index contributed by atoms with van der Waals surface area (Å²) in [4.78, 5) is 0. The van der Waals surface area contributed by atoms with Gasteiger partial charge in [-0.15, -0.1) is 0 Å². The van der Waals surface area contributed by atoms with Crippen LogP contribution < -0.4 is 0 Å². The standard InChI is InChI=1S/C9H17NO/c1-5-9(4,6-10)7(2)8(3)11/h7-8,11H,5H2,1-4H3. The third-order valence-corrected chi connectivity index (χ3v) is 2.72. The predicted molar refractivity (Wildman–Crippen MR) is 44.9 cm³/mol. The molecule has 0 aliphatic heterocycles. The highest BCUT2D eigenvalue weighted by atomic mass is 16.3. The lowest BCUT2D eigenvalue weighted by molar-refractivity contribution is 0.0750. The molecule has 0 aromatic rings. The van der Waals surface area contributed by atoms with E-state index >= 15 is 0 Å². The summed E-state index contributed by atoms with van der Waals surface area (Å²) in [5, 5.41) is 18.1. The van der Waals surface area contributed by atoms with Crippen LogP contribution >= 0.6 is 0 Å². The van der Waals surface area contributed by atoms with Gasteiger partial charge in [0.15, 0.2) is 0 Å². The van der Waals surface area contributed by atoms with Gasteiger partial charge in [0.25, 0.3) is 0 Å². The number of hydrogen-bond donors (Lipinski definition) is 1. The lowest BCUT2D eigenvalue weighted by Crippen LogP contribution is -2.30. The monoisotopic (exact) mass is 155 g/mol. The molecule has 0 fully saturated rings. The topological polar surface area (TPSA) is 44.0 Å². The Morgan fingerprint density at radius 3 is 2.09 bits per heavy atom. The van der Waals surface area contributed by atoms with Crippen LogP contribution in [0.4, 0.5) is 0 Å². The summed E-state index contributed by atoms with van der Waals surface area (Å²) in [6.07, 6.45) is 0.384. The minimum Gasteiger partial charge on any atom is -0.393 e. The third-order valence-electron chi connectivity index (χ3n) is 2.72. The SMILES string of the molecule is CCC(C)(C#N)C(C)C(C)O. The molecule has 0 aliphatic carbocycles. The summed E-state index contributed by atoms with van der Waals surface area (Å²) in [6.45, 7) is 7.51. The van der Waals surface area contributed by atoms with Crippen LogP contribution in [-0.4, -0.2) is 11.2 Å². The van der Waals surface area contributed by atoms with Crippen molar-refractivity contribution in [2.45, 2.75) is 40.2 Å². The van der Waals surface area contributed by atoms with Crippen molar-refractivity contribution in [1.82, 2.24) is 0 Å². The number of aliphatic hydroxyl groups excluding tert-OH is 1. The third kappa shape index (κ3) is 2.20. The van der Waals surface area contributed by atoms with E-state index in [0.29, 0.717) is 0 Å². The Morgan fingerprint density at radius 2 is 2.00 bits per heavy atom. The van der Waals surface area contributed by atoms with Gasteiger partial charge in [0.05, 0.1) is 17.6 Å². The van der Waals surface area contributed by atoms with E-state index < -0.39 is 6.10 Å². The van der Waals surface area contributed by atoms with Crippen LogP contribution in [0, 0.1) is 22.7 Å². The van der Waals surface area contributed by atoms with E-state index in [1.165, 1.54) is 0 Å². The zero-order chi connectivity index (χ0) is 9.07. The van der Waals surface area contributed by atoms with Crippen LogP contribution in [-0.2, 0) is 0 Å². The van der Waals surface area contributed by atoms with Gasteiger partial charge in [0, 0.05) is 5.92 Å². The largest absolute Gasteiger partial charge is 0.393 e. The fourth-order valence-corrected chi connectivity index (χ4v) is 1.04. The Labute approximate surface area is 68.8 Å². The van der Waals surface area contributed by atoms with E-state index in [-0.39, 0.29) is 11.3 Å². The fourth-order valence-electron chi connectivity index (χ4n) is 1.04. The highest BCUT2D eigenvalue weighted by Gasteiger charge is 2.31. The first-order chi connectivity index (χ1) is 4.98. The molecule has 2 nitrogen and oxygen atoms in total. The van der Waals surface area contributed by atoms with Gasteiger partial charge in [-0.05, 0) is 20.3 Å². The molecule has 0 aromatic heterocycles. The average molecular weight is 155 g/mol. The van der Waals surface area contributed by atoms with Gasteiger partial charge in [-0.25, -0.2) is 0 Å². The molecule has 0 bridgehead atoms. The van der Waals surface area contributed by atoms with Crippen molar-refractivity contribution in [1.29, 1.82) is 5.26 Å². The molecule has 0 amide bonds. The Hall–Kier alpha value is -0.550.